The zero-order valence-corrected chi connectivity index (χ0v) is 32.5. The van der Waals surface area contributed by atoms with E-state index in [0.29, 0.717) is 36.7 Å². The lowest BCUT2D eigenvalue weighted by Gasteiger charge is -2.27. The Kier molecular flexibility index (Phi) is 12.3. The fourth-order valence-electron chi connectivity index (χ4n) is 6.54. The van der Waals surface area contributed by atoms with E-state index in [4.69, 9.17) is 18.9 Å². The smallest absolute Gasteiger partial charge is 0.340 e. The molecule has 0 amide bonds. The topological polar surface area (TPSA) is 60.5 Å². The SMILES string of the molecule is C=CCOc1ccc(C(=CC2(C=C(c3ccc(OCC=C)cc3)c3ccc(N(C)C)cc3)OC(=O)c3cc(OCC=C)ccc32)c2ccc(N(C)C)cc2)cc1. The van der Waals surface area contributed by atoms with Crippen LogP contribution < -0.4 is 24.0 Å². The van der Waals surface area contributed by atoms with Crippen LogP contribution in [0.3, 0.4) is 0 Å². The first kappa shape index (κ1) is 39.0. The van der Waals surface area contributed by atoms with Gasteiger partial charge >= 0.3 is 5.97 Å². The molecule has 1 heterocycles. The van der Waals surface area contributed by atoms with Gasteiger partial charge in [0.15, 0.2) is 5.60 Å². The maximum atomic E-state index is 14.1. The molecule has 0 aromatic heterocycles. The molecule has 0 atom stereocenters. The minimum absolute atomic E-state index is 0.304. The molecular weight excluding hydrogens is 697 g/mol. The van der Waals surface area contributed by atoms with Crippen molar-refractivity contribution in [3.8, 4) is 17.2 Å². The molecule has 0 spiro atoms. The van der Waals surface area contributed by atoms with Gasteiger partial charge < -0.3 is 28.7 Å². The second-order valence-electron chi connectivity index (χ2n) is 13.7. The van der Waals surface area contributed by atoms with Crippen LogP contribution in [0.4, 0.5) is 11.4 Å². The second-order valence-corrected chi connectivity index (χ2v) is 13.7. The fourth-order valence-corrected chi connectivity index (χ4v) is 6.54. The van der Waals surface area contributed by atoms with Gasteiger partial charge in [-0.15, -0.1) is 0 Å². The Morgan fingerprint density at radius 3 is 1.29 bits per heavy atom. The van der Waals surface area contributed by atoms with Crippen molar-refractivity contribution in [2.75, 3.05) is 57.8 Å². The van der Waals surface area contributed by atoms with Crippen LogP contribution in [0.25, 0.3) is 11.1 Å². The molecule has 0 saturated heterocycles. The highest BCUT2D eigenvalue weighted by atomic mass is 16.6. The molecule has 5 aromatic rings. The van der Waals surface area contributed by atoms with Crippen molar-refractivity contribution in [1.82, 2.24) is 0 Å². The molecule has 0 bridgehead atoms. The summed E-state index contributed by atoms with van der Waals surface area (Å²) in [5, 5.41) is 0. The number of cyclic esters (lactones) is 1. The number of anilines is 2. The largest absolute Gasteiger partial charge is 0.490 e. The summed E-state index contributed by atoms with van der Waals surface area (Å²) in [5.41, 5.74) is 7.32. The van der Waals surface area contributed by atoms with Crippen LogP contribution in [0.15, 0.2) is 165 Å². The lowest BCUT2D eigenvalue weighted by atomic mass is 9.83. The molecule has 0 fully saturated rings. The van der Waals surface area contributed by atoms with E-state index in [-0.39, 0.29) is 0 Å². The van der Waals surface area contributed by atoms with Gasteiger partial charge in [0.2, 0.25) is 0 Å². The van der Waals surface area contributed by atoms with Crippen molar-refractivity contribution < 1.29 is 23.7 Å². The normalized spacial score (nSPS) is 15.0. The van der Waals surface area contributed by atoms with Crippen molar-refractivity contribution in [1.29, 1.82) is 0 Å². The van der Waals surface area contributed by atoms with E-state index < -0.39 is 11.6 Å². The summed E-state index contributed by atoms with van der Waals surface area (Å²) >= 11 is 0. The third-order valence-electron chi connectivity index (χ3n) is 9.43. The van der Waals surface area contributed by atoms with Crippen molar-refractivity contribution in [3.63, 3.8) is 0 Å². The molecule has 1 aliphatic heterocycles. The third kappa shape index (κ3) is 8.79. The number of nitrogens with zero attached hydrogens (tertiary/aromatic N) is 2. The quantitative estimate of drug-likeness (QED) is 0.0694. The van der Waals surface area contributed by atoms with Crippen LogP contribution >= 0.6 is 0 Å². The predicted molar refractivity (Wildman–Crippen MR) is 229 cm³/mol. The number of hydrogen-bond acceptors (Lipinski definition) is 7. The van der Waals surface area contributed by atoms with E-state index in [9.17, 15) is 4.79 Å². The number of carbonyl (C=O) groups is 1. The summed E-state index contributed by atoms with van der Waals surface area (Å²) in [7, 11) is 8.06. The van der Waals surface area contributed by atoms with Crippen LogP contribution in [-0.4, -0.2) is 54.0 Å². The van der Waals surface area contributed by atoms with Crippen molar-refractivity contribution in [3.05, 3.63) is 199 Å². The summed E-state index contributed by atoms with van der Waals surface area (Å²) in [6.45, 7) is 12.4. The molecule has 5 aromatic carbocycles. The Morgan fingerprint density at radius 1 is 0.554 bits per heavy atom. The summed E-state index contributed by atoms with van der Waals surface area (Å²) < 4.78 is 24.2. The van der Waals surface area contributed by atoms with Gasteiger partial charge in [-0.1, -0.05) is 86.5 Å². The number of fused-ring (bicyclic) bond motifs is 1. The highest BCUT2D eigenvalue weighted by Crippen LogP contribution is 2.46. The molecule has 0 unspecified atom stereocenters. The minimum Gasteiger partial charge on any atom is -0.490 e. The minimum atomic E-state index is -1.36. The summed E-state index contributed by atoms with van der Waals surface area (Å²) in [6.07, 6.45) is 9.22. The molecule has 0 N–H and O–H groups in total. The number of ether oxygens (including phenoxy) is 4. The van der Waals surface area contributed by atoms with Gasteiger partial charge in [-0.3, -0.25) is 0 Å². The van der Waals surface area contributed by atoms with E-state index in [0.717, 1.165) is 56.3 Å². The molecule has 0 saturated carbocycles. The van der Waals surface area contributed by atoms with Crippen LogP contribution in [0.5, 0.6) is 17.2 Å². The average molecular weight is 745 g/mol. The van der Waals surface area contributed by atoms with Crippen molar-refractivity contribution >= 4 is 28.5 Å². The number of carbonyl (C=O) groups excluding carboxylic acids is 1. The molecular formula is C49H48N2O5. The lowest BCUT2D eigenvalue weighted by Crippen LogP contribution is -2.22. The third-order valence-corrected chi connectivity index (χ3v) is 9.43. The van der Waals surface area contributed by atoms with Crippen LogP contribution in [0.1, 0.15) is 38.2 Å². The molecule has 7 nitrogen and oxygen atoms in total. The highest BCUT2D eigenvalue weighted by Gasteiger charge is 2.44. The summed E-state index contributed by atoms with van der Waals surface area (Å²) in [4.78, 5) is 18.3. The van der Waals surface area contributed by atoms with E-state index in [1.54, 1.807) is 24.3 Å². The molecule has 0 radical (unpaired) electrons. The lowest BCUT2D eigenvalue weighted by molar-refractivity contribution is 0.0299. The van der Waals surface area contributed by atoms with Gasteiger partial charge in [0.05, 0.1) is 5.56 Å². The standard InChI is InChI=1S/C49H48N2O5/c1-8-29-53-41-23-15-37(16-24-41)45(35-11-19-39(20-12-35)50(4)5)33-49(47-28-27-43(55-31-10-3)32-44(47)48(52)56-49)34-46(36-13-21-40(22-14-36)51(6)7)38-17-25-42(26-18-38)54-30-9-2/h8-28,32-34H,1-3,29-31H2,4-7H3. The summed E-state index contributed by atoms with van der Waals surface area (Å²) in [5.74, 6) is 1.54. The molecule has 56 heavy (non-hydrogen) atoms. The Morgan fingerprint density at radius 2 is 0.911 bits per heavy atom. The van der Waals surface area contributed by atoms with E-state index in [1.807, 2.05) is 88.9 Å². The number of hydrogen-bond donors (Lipinski definition) is 0. The van der Waals surface area contributed by atoms with Crippen molar-refractivity contribution in [2.24, 2.45) is 0 Å². The van der Waals surface area contributed by atoms with Gasteiger partial charge in [-0.05, 0) is 112 Å². The number of esters is 1. The highest BCUT2D eigenvalue weighted by molar-refractivity contribution is 5.98. The number of rotatable bonds is 17. The zero-order chi connectivity index (χ0) is 39.7. The van der Waals surface area contributed by atoms with Gasteiger partial charge in [-0.2, -0.15) is 0 Å². The Bertz CT molecular complexity index is 2110. The van der Waals surface area contributed by atoms with Crippen LogP contribution in [-0.2, 0) is 10.3 Å². The van der Waals surface area contributed by atoms with Gasteiger partial charge in [0, 0.05) is 45.1 Å². The zero-order valence-electron chi connectivity index (χ0n) is 32.5. The first-order valence-corrected chi connectivity index (χ1v) is 18.5. The first-order chi connectivity index (χ1) is 27.1. The average Bonchev–Trinajstić information content (AvgIpc) is 3.49. The molecule has 7 heteroatoms. The molecule has 1 aliphatic rings. The molecule has 6 rings (SSSR count). The van der Waals surface area contributed by atoms with Crippen LogP contribution in [0, 0.1) is 0 Å². The van der Waals surface area contributed by atoms with Gasteiger partial charge in [0.25, 0.3) is 0 Å². The Balaban J connectivity index is 1.64. The second kappa shape index (κ2) is 17.6. The van der Waals surface area contributed by atoms with E-state index in [2.05, 4.69) is 90.2 Å². The Labute approximate surface area is 330 Å². The Hall–Kier alpha value is -6.73. The maximum Gasteiger partial charge on any atom is 0.340 e. The van der Waals surface area contributed by atoms with Gasteiger partial charge in [-0.25, -0.2) is 4.79 Å². The van der Waals surface area contributed by atoms with Crippen LogP contribution in [0.2, 0.25) is 0 Å². The predicted octanol–water partition coefficient (Wildman–Crippen LogP) is 10.1. The number of benzene rings is 5. The molecule has 0 aliphatic carbocycles. The van der Waals surface area contributed by atoms with E-state index >= 15 is 0 Å². The van der Waals surface area contributed by atoms with Crippen molar-refractivity contribution in [2.45, 2.75) is 5.60 Å². The maximum absolute atomic E-state index is 14.1. The first-order valence-electron chi connectivity index (χ1n) is 18.5. The summed E-state index contributed by atoms with van der Waals surface area (Å²) in [6, 6.07) is 38.1. The monoisotopic (exact) mass is 744 g/mol. The molecule has 284 valence electrons. The van der Waals surface area contributed by atoms with Gasteiger partial charge in [0.1, 0.15) is 37.1 Å². The van der Waals surface area contributed by atoms with E-state index in [1.165, 1.54) is 0 Å². The fraction of sp³-hybridized carbons (Fsp3) is 0.163.